The van der Waals surface area contributed by atoms with Crippen molar-refractivity contribution < 1.29 is 9.53 Å². The molecular weight excluding hydrogens is 402 g/mol. The van der Waals surface area contributed by atoms with E-state index >= 15 is 0 Å². The van der Waals surface area contributed by atoms with Crippen molar-refractivity contribution in [1.82, 2.24) is 0 Å². The summed E-state index contributed by atoms with van der Waals surface area (Å²) in [7, 11) is 0. The van der Waals surface area contributed by atoms with Gasteiger partial charge in [0.15, 0.2) is 6.61 Å². The van der Waals surface area contributed by atoms with Crippen molar-refractivity contribution in [2.24, 2.45) is 0 Å². The van der Waals surface area contributed by atoms with Crippen LogP contribution < -0.4 is 10.1 Å². The lowest BCUT2D eigenvalue weighted by molar-refractivity contribution is -0.118. The van der Waals surface area contributed by atoms with E-state index in [2.05, 4.69) is 35.1 Å². The van der Waals surface area contributed by atoms with Crippen molar-refractivity contribution in [3.05, 3.63) is 56.0 Å². The Labute approximate surface area is 162 Å². The number of benzene rings is 2. The van der Waals surface area contributed by atoms with Crippen LogP contribution in [0, 0.1) is 20.8 Å². The Bertz CT molecular complexity index is 803. The second kappa shape index (κ2) is 8.24. The van der Waals surface area contributed by atoms with E-state index in [4.69, 9.17) is 16.3 Å². The molecule has 2 rings (SSSR count). The Morgan fingerprint density at radius 2 is 1.92 bits per heavy atom. The van der Waals surface area contributed by atoms with Gasteiger partial charge in [0, 0.05) is 10.7 Å². The van der Waals surface area contributed by atoms with Crippen LogP contribution in [0.3, 0.4) is 0 Å². The Morgan fingerprint density at radius 1 is 1.24 bits per heavy atom. The van der Waals surface area contributed by atoms with Gasteiger partial charge in [0.1, 0.15) is 5.75 Å². The number of carbonyl (C=O) groups excluding carboxylic acids is 1. The molecule has 0 aliphatic carbocycles. The maximum Gasteiger partial charge on any atom is 0.262 e. The first-order chi connectivity index (χ1) is 11.7. The van der Waals surface area contributed by atoms with E-state index in [0.29, 0.717) is 16.7 Å². The average molecular weight is 425 g/mol. The van der Waals surface area contributed by atoms with Crippen LogP contribution in [-0.2, 0) is 4.79 Å². The maximum absolute atomic E-state index is 12.4. The first-order valence-corrected chi connectivity index (χ1v) is 9.36. The third-order valence-electron chi connectivity index (χ3n) is 4.12. The smallest absolute Gasteiger partial charge is 0.262 e. The molecule has 3 nitrogen and oxygen atoms in total. The van der Waals surface area contributed by atoms with E-state index in [1.165, 1.54) is 0 Å². The summed E-state index contributed by atoms with van der Waals surface area (Å²) in [6, 6.07) is 7.87. The summed E-state index contributed by atoms with van der Waals surface area (Å²) < 4.78 is 6.48. The highest BCUT2D eigenvalue weighted by molar-refractivity contribution is 9.10. The summed E-state index contributed by atoms with van der Waals surface area (Å²) in [5.41, 5.74) is 4.84. The SMILES string of the molecule is Cc1cc(OCC(=O)Nc2c(C)cccc2C(C)C)c(Br)c(C)c1Cl. The third kappa shape index (κ3) is 4.56. The van der Waals surface area contributed by atoms with Crippen LogP contribution in [0.15, 0.2) is 28.7 Å². The molecule has 2 aromatic rings. The van der Waals surface area contributed by atoms with Crippen LogP contribution in [0.2, 0.25) is 5.02 Å². The lowest BCUT2D eigenvalue weighted by Crippen LogP contribution is -2.22. The van der Waals surface area contributed by atoms with Gasteiger partial charge in [-0.2, -0.15) is 0 Å². The second-order valence-corrected chi connectivity index (χ2v) is 7.65. The van der Waals surface area contributed by atoms with E-state index in [-0.39, 0.29) is 12.5 Å². The summed E-state index contributed by atoms with van der Waals surface area (Å²) in [5.74, 6) is 0.753. The first kappa shape index (κ1) is 19.8. The first-order valence-electron chi connectivity index (χ1n) is 8.19. The average Bonchev–Trinajstić information content (AvgIpc) is 2.56. The standard InChI is InChI=1S/C20H23BrClNO2/c1-11(2)15-8-6-7-12(3)20(15)23-17(24)10-25-16-9-13(4)19(22)14(5)18(16)21/h6-9,11H,10H2,1-5H3,(H,23,24). The number of aryl methyl sites for hydroxylation is 2. The van der Waals surface area contributed by atoms with Crippen molar-refractivity contribution in [3.8, 4) is 5.75 Å². The van der Waals surface area contributed by atoms with Crippen LogP contribution >= 0.6 is 27.5 Å². The van der Waals surface area contributed by atoms with Gasteiger partial charge in [-0.25, -0.2) is 0 Å². The predicted molar refractivity (Wildman–Crippen MR) is 108 cm³/mol. The predicted octanol–water partition coefficient (Wildman–Crippen LogP) is 6.17. The van der Waals surface area contributed by atoms with Gasteiger partial charge in [-0.05, 0) is 70.9 Å². The normalized spacial score (nSPS) is 10.9. The molecule has 1 amide bonds. The number of para-hydroxylation sites is 1. The van der Waals surface area contributed by atoms with E-state index in [1.54, 1.807) is 0 Å². The zero-order valence-electron chi connectivity index (χ0n) is 15.2. The number of nitrogens with one attached hydrogen (secondary N) is 1. The van der Waals surface area contributed by atoms with E-state index in [1.807, 2.05) is 45.0 Å². The van der Waals surface area contributed by atoms with Crippen molar-refractivity contribution in [2.75, 3.05) is 11.9 Å². The molecule has 25 heavy (non-hydrogen) atoms. The van der Waals surface area contributed by atoms with Gasteiger partial charge in [0.25, 0.3) is 5.91 Å². The molecule has 0 atom stereocenters. The summed E-state index contributed by atoms with van der Waals surface area (Å²) in [6.45, 7) is 9.97. The molecule has 0 radical (unpaired) electrons. The minimum Gasteiger partial charge on any atom is -0.483 e. The van der Waals surface area contributed by atoms with Gasteiger partial charge in [0.05, 0.1) is 4.47 Å². The number of hydrogen-bond donors (Lipinski definition) is 1. The molecule has 2 aromatic carbocycles. The molecular formula is C20H23BrClNO2. The highest BCUT2D eigenvalue weighted by atomic mass is 79.9. The third-order valence-corrected chi connectivity index (χ3v) is 5.69. The minimum absolute atomic E-state index is 0.0645. The molecule has 134 valence electrons. The fourth-order valence-corrected chi connectivity index (χ4v) is 3.36. The van der Waals surface area contributed by atoms with Crippen LogP contribution in [-0.4, -0.2) is 12.5 Å². The fourth-order valence-electron chi connectivity index (χ4n) is 2.67. The molecule has 5 heteroatoms. The van der Waals surface area contributed by atoms with E-state index in [0.717, 1.165) is 32.4 Å². The summed E-state index contributed by atoms with van der Waals surface area (Å²) in [6.07, 6.45) is 0. The molecule has 0 aliphatic heterocycles. The van der Waals surface area contributed by atoms with Crippen LogP contribution in [0.4, 0.5) is 5.69 Å². The zero-order chi connectivity index (χ0) is 18.7. The van der Waals surface area contributed by atoms with Gasteiger partial charge in [0.2, 0.25) is 0 Å². The Balaban J connectivity index is 2.13. The number of anilines is 1. The highest BCUT2D eigenvalue weighted by Crippen LogP contribution is 2.35. The number of hydrogen-bond acceptors (Lipinski definition) is 2. The van der Waals surface area contributed by atoms with Crippen molar-refractivity contribution in [3.63, 3.8) is 0 Å². The molecule has 0 bridgehead atoms. The fraction of sp³-hybridized carbons (Fsp3) is 0.350. The number of halogens is 2. The number of amides is 1. The topological polar surface area (TPSA) is 38.3 Å². The molecule has 0 aliphatic rings. The summed E-state index contributed by atoms with van der Waals surface area (Å²) in [5, 5.41) is 3.68. The van der Waals surface area contributed by atoms with Gasteiger partial charge in [-0.1, -0.05) is 43.6 Å². The molecule has 0 heterocycles. The van der Waals surface area contributed by atoms with Crippen LogP contribution in [0.25, 0.3) is 0 Å². The molecule has 1 N–H and O–H groups in total. The van der Waals surface area contributed by atoms with Crippen molar-refractivity contribution in [1.29, 1.82) is 0 Å². The Kier molecular flexibility index (Phi) is 6.53. The minimum atomic E-state index is -0.187. The molecule has 0 saturated carbocycles. The quantitative estimate of drug-likeness (QED) is 0.623. The molecule has 0 spiro atoms. The van der Waals surface area contributed by atoms with Crippen molar-refractivity contribution >= 4 is 39.1 Å². The molecule has 0 fully saturated rings. The van der Waals surface area contributed by atoms with Crippen LogP contribution in [0.5, 0.6) is 5.75 Å². The zero-order valence-corrected chi connectivity index (χ0v) is 17.5. The highest BCUT2D eigenvalue weighted by Gasteiger charge is 2.15. The number of ether oxygens (including phenoxy) is 1. The number of carbonyl (C=O) groups is 1. The lowest BCUT2D eigenvalue weighted by atomic mass is 9.98. The van der Waals surface area contributed by atoms with Crippen LogP contribution in [0.1, 0.15) is 42.0 Å². The largest absolute Gasteiger partial charge is 0.483 e. The van der Waals surface area contributed by atoms with Gasteiger partial charge in [-0.15, -0.1) is 0 Å². The Morgan fingerprint density at radius 3 is 2.56 bits per heavy atom. The summed E-state index contributed by atoms with van der Waals surface area (Å²) >= 11 is 9.71. The van der Waals surface area contributed by atoms with E-state index < -0.39 is 0 Å². The molecule has 0 unspecified atom stereocenters. The Hall–Kier alpha value is -1.52. The monoisotopic (exact) mass is 423 g/mol. The summed E-state index contributed by atoms with van der Waals surface area (Å²) in [4.78, 5) is 12.4. The second-order valence-electron chi connectivity index (χ2n) is 6.48. The van der Waals surface area contributed by atoms with Crippen molar-refractivity contribution in [2.45, 2.75) is 40.5 Å². The van der Waals surface area contributed by atoms with Gasteiger partial charge < -0.3 is 10.1 Å². The van der Waals surface area contributed by atoms with E-state index in [9.17, 15) is 4.79 Å². The molecule has 0 saturated heterocycles. The number of rotatable bonds is 5. The van der Waals surface area contributed by atoms with Gasteiger partial charge in [-0.3, -0.25) is 4.79 Å². The molecule has 0 aromatic heterocycles. The lowest BCUT2D eigenvalue weighted by Gasteiger charge is -2.17. The van der Waals surface area contributed by atoms with Gasteiger partial charge >= 0.3 is 0 Å². The maximum atomic E-state index is 12.4.